The number of carbonyl (C=O) groups excluding carboxylic acids is 1. The molecule has 1 N–H and O–H groups in total. The first-order valence-corrected chi connectivity index (χ1v) is 14.8. The van der Waals surface area contributed by atoms with E-state index in [0.29, 0.717) is 22.6 Å². The summed E-state index contributed by atoms with van der Waals surface area (Å²) in [7, 11) is -4.11. The molecule has 1 atom stereocenters. The molecule has 39 heavy (non-hydrogen) atoms. The molecule has 1 aromatic carbocycles. The molecule has 2 aliphatic carbocycles. The maximum Gasteiger partial charge on any atom is 0.327 e. The normalized spacial score (nSPS) is 17.9. The molecule has 2 heterocycles. The number of sulfonamides is 1. The van der Waals surface area contributed by atoms with Gasteiger partial charge in [0.1, 0.15) is 23.2 Å². The molecular formula is C27H29Cl2N5O4S. The first-order chi connectivity index (χ1) is 18.4. The van der Waals surface area contributed by atoms with E-state index in [4.69, 9.17) is 27.9 Å². The standard InChI is InChI=1S/C27H29Cl2N5O4S/c1-27(2,3)38-26(35)16-34(39(36,37)22-14-18(28)13-19(29)15-22)21-6-7-23-17(12-21)10-11-33(23)25-9-8-24(31-32-25)30-20-4-5-20/h6-14,20,22H,4-5,15-16H2,1-3H3,(H,30,31). The molecule has 0 radical (unpaired) electrons. The van der Waals surface area contributed by atoms with E-state index >= 15 is 0 Å². The molecular weight excluding hydrogens is 561 g/mol. The van der Waals surface area contributed by atoms with Crippen molar-refractivity contribution in [3.63, 3.8) is 0 Å². The minimum absolute atomic E-state index is 0.0494. The number of fused-ring (bicyclic) bond motifs is 1. The Labute approximate surface area is 237 Å². The van der Waals surface area contributed by atoms with E-state index in [0.717, 1.165) is 33.9 Å². The van der Waals surface area contributed by atoms with Crippen LogP contribution in [0.2, 0.25) is 0 Å². The van der Waals surface area contributed by atoms with Crippen molar-refractivity contribution < 1.29 is 17.9 Å². The van der Waals surface area contributed by atoms with Gasteiger partial charge in [-0.15, -0.1) is 10.2 Å². The van der Waals surface area contributed by atoms with Crippen molar-refractivity contribution >= 4 is 61.6 Å². The number of anilines is 2. The molecule has 0 bridgehead atoms. The largest absolute Gasteiger partial charge is 0.459 e. The van der Waals surface area contributed by atoms with Crippen molar-refractivity contribution in [2.24, 2.45) is 0 Å². The Hall–Kier alpha value is -3.08. The molecule has 0 spiro atoms. The smallest absolute Gasteiger partial charge is 0.327 e. The summed E-state index contributed by atoms with van der Waals surface area (Å²) in [6.07, 6.45) is 7.12. The van der Waals surface area contributed by atoms with Crippen LogP contribution in [0.25, 0.3) is 16.7 Å². The van der Waals surface area contributed by atoms with E-state index < -0.39 is 33.4 Å². The molecule has 2 aliphatic rings. The maximum atomic E-state index is 13.9. The summed E-state index contributed by atoms with van der Waals surface area (Å²) < 4.78 is 36.1. The third-order valence-electron chi connectivity index (χ3n) is 6.21. The number of nitrogens with zero attached hydrogens (tertiary/aromatic N) is 4. The number of aromatic nitrogens is 3. The summed E-state index contributed by atoms with van der Waals surface area (Å²) in [6.45, 7) is 4.68. The van der Waals surface area contributed by atoms with Gasteiger partial charge < -0.3 is 10.1 Å². The quantitative estimate of drug-likeness (QED) is 0.346. The predicted octanol–water partition coefficient (Wildman–Crippen LogP) is 5.49. The molecule has 0 amide bonds. The maximum absolute atomic E-state index is 13.9. The molecule has 3 aromatic rings. The van der Waals surface area contributed by atoms with Gasteiger partial charge in [-0.3, -0.25) is 13.7 Å². The van der Waals surface area contributed by atoms with Gasteiger partial charge in [0, 0.05) is 34.1 Å². The van der Waals surface area contributed by atoms with Crippen molar-refractivity contribution in [2.75, 3.05) is 16.2 Å². The van der Waals surface area contributed by atoms with E-state index in [9.17, 15) is 13.2 Å². The van der Waals surface area contributed by atoms with Crippen LogP contribution in [0.15, 0.2) is 64.8 Å². The number of esters is 1. The van der Waals surface area contributed by atoms with Gasteiger partial charge in [0.15, 0.2) is 5.82 Å². The number of nitrogens with one attached hydrogen (secondary N) is 1. The molecule has 206 valence electrons. The lowest BCUT2D eigenvalue weighted by atomic mass is 10.2. The van der Waals surface area contributed by atoms with Gasteiger partial charge in [-0.25, -0.2) is 8.42 Å². The monoisotopic (exact) mass is 589 g/mol. The lowest BCUT2D eigenvalue weighted by Gasteiger charge is -2.30. The van der Waals surface area contributed by atoms with Crippen LogP contribution in [0.1, 0.15) is 40.0 Å². The highest BCUT2D eigenvalue weighted by Gasteiger charge is 2.35. The van der Waals surface area contributed by atoms with Crippen LogP contribution < -0.4 is 9.62 Å². The van der Waals surface area contributed by atoms with E-state index in [1.54, 1.807) is 39.0 Å². The highest BCUT2D eigenvalue weighted by Crippen LogP contribution is 2.33. The fourth-order valence-corrected chi connectivity index (χ4v) is 6.83. The van der Waals surface area contributed by atoms with Gasteiger partial charge in [0.05, 0.1) is 11.2 Å². The fourth-order valence-electron chi connectivity index (χ4n) is 4.31. The first kappa shape index (κ1) is 27.5. The highest BCUT2D eigenvalue weighted by molar-refractivity contribution is 7.93. The Morgan fingerprint density at radius 1 is 1.15 bits per heavy atom. The van der Waals surface area contributed by atoms with E-state index in [1.807, 2.05) is 29.0 Å². The fraction of sp³-hybridized carbons (Fsp3) is 0.370. The van der Waals surface area contributed by atoms with Gasteiger partial charge in [-0.1, -0.05) is 23.2 Å². The summed E-state index contributed by atoms with van der Waals surface area (Å²) in [4.78, 5) is 12.8. The zero-order valence-electron chi connectivity index (χ0n) is 21.8. The van der Waals surface area contributed by atoms with E-state index in [1.165, 1.54) is 12.2 Å². The third-order valence-corrected chi connectivity index (χ3v) is 8.73. The van der Waals surface area contributed by atoms with Crippen molar-refractivity contribution in [1.29, 1.82) is 0 Å². The summed E-state index contributed by atoms with van der Waals surface area (Å²) >= 11 is 12.3. The highest BCUT2D eigenvalue weighted by atomic mass is 35.5. The summed E-state index contributed by atoms with van der Waals surface area (Å²) in [5, 5.41) is 12.2. The lowest BCUT2D eigenvalue weighted by molar-refractivity contribution is -0.152. The molecule has 0 aliphatic heterocycles. The first-order valence-electron chi connectivity index (χ1n) is 12.6. The van der Waals surface area contributed by atoms with E-state index in [-0.39, 0.29) is 11.5 Å². The van der Waals surface area contributed by atoms with Crippen molar-refractivity contribution in [1.82, 2.24) is 14.8 Å². The Kier molecular flexibility index (Phi) is 7.39. The third kappa shape index (κ3) is 6.40. The number of ether oxygens (including phenoxy) is 1. The van der Waals surface area contributed by atoms with Crippen molar-refractivity contribution in [3.05, 3.63) is 64.8 Å². The summed E-state index contributed by atoms with van der Waals surface area (Å²) in [5.41, 5.74) is 0.340. The van der Waals surface area contributed by atoms with Crippen molar-refractivity contribution in [3.8, 4) is 5.82 Å². The Balaban J connectivity index is 1.48. The van der Waals surface area contributed by atoms with Crippen LogP contribution in [0.5, 0.6) is 0 Å². The van der Waals surface area contributed by atoms with Crippen LogP contribution >= 0.6 is 23.2 Å². The van der Waals surface area contributed by atoms with Crippen LogP contribution in [-0.4, -0.2) is 52.6 Å². The molecule has 1 unspecified atom stereocenters. The number of allylic oxidation sites excluding steroid dienone is 3. The molecule has 1 fully saturated rings. The summed E-state index contributed by atoms with van der Waals surface area (Å²) in [6, 6.07) is 11.3. The van der Waals surface area contributed by atoms with Gasteiger partial charge >= 0.3 is 5.97 Å². The van der Waals surface area contributed by atoms with E-state index in [2.05, 4.69) is 15.5 Å². The van der Waals surface area contributed by atoms with Crippen LogP contribution in [0, 0.1) is 0 Å². The molecule has 5 rings (SSSR count). The Morgan fingerprint density at radius 3 is 2.56 bits per heavy atom. The zero-order chi connectivity index (χ0) is 27.9. The van der Waals surface area contributed by atoms with Gasteiger partial charge in [0.2, 0.25) is 10.0 Å². The molecule has 9 nitrogen and oxygen atoms in total. The minimum atomic E-state index is -4.11. The number of benzene rings is 1. The average molecular weight is 591 g/mol. The van der Waals surface area contributed by atoms with Crippen LogP contribution in [0.4, 0.5) is 11.5 Å². The summed E-state index contributed by atoms with van der Waals surface area (Å²) in [5.74, 6) is 0.682. The SMILES string of the molecule is CC(C)(C)OC(=O)CN(c1ccc2c(ccn2-c2ccc(NC3CC3)nn2)c1)S(=O)(=O)C1C=C(Cl)C=C(Cl)C1. The Morgan fingerprint density at radius 2 is 1.92 bits per heavy atom. The van der Waals surface area contributed by atoms with Gasteiger partial charge in [-0.2, -0.15) is 0 Å². The second-order valence-corrected chi connectivity index (χ2v) is 13.6. The number of carbonyl (C=O) groups is 1. The lowest BCUT2D eigenvalue weighted by Crippen LogP contribution is -2.43. The number of halogens is 2. The molecule has 0 saturated heterocycles. The Bertz CT molecular complexity index is 1570. The number of hydrogen-bond acceptors (Lipinski definition) is 7. The van der Waals surface area contributed by atoms with Gasteiger partial charge in [-0.05, 0) is 82.2 Å². The molecule has 1 saturated carbocycles. The van der Waals surface area contributed by atoms with Crippen molar-refractivity contribution in [2.45, 2.75) is 56.9 Å². The minimum Gasteiger partial charge on any atom is -0.459 e. The second kappa shape index (κ2) is 10.5. The molecule has 12 heteroatoms. The van der Waals surface area contributed by atoms with Crippen LogP contribution in [-0.2, 0) is 19.6 Å². The zero-order valence-corrected chi connectivity index (χ0v) is 24.1. The number of hydrogen-bond donors (Lipinski definition) is 1. The second-order valence-electron chi connectivity index (χ2n) is 10.6. The molecule has 2 aromatic heterocycles. The average Bonchev–Trinajstić information content (AvgIpc) is 3.56. The number of rotatable bonds is 8. The topological polar surface area (TPSA) is 106 Å². The predicted molar refractivity (Wildman–Crippen MR) is 154 cm³/mol. The van der Waals surface area contributed by atoms with Gasteiger partial charge in [0.25, 0.3) is 0 Å². The van der Waals surface area contributed by atoms with Crippen LogP contribution in [0.3, 0.4) is 0 Å².